The van der Waals surface area contributed by atoms with Gasteiger partial charge in [-0.25, -0.2) is 0 Å². The molecule has 0 saturated carbocycles. The second-order valence-electron chi connectivity index (χ2n) is 4.40. The van der Waals surface area contributed by atoms with Crippen LogP contribution in [0.4, 0.5) is 5.69 Å². The quantitative estimate of drug-likeness (QED) is 0.845. The monoisotopic (exact) mass is 261 g/mol. The van der Waals surface area contributed by atoms with Gasteiger partial charge in [0.15, 0.2) is 0 Å². The average Bonchev–Trinajstić information content (AvgIpc) is 2.93. The van der Waals surface area contributed by atoms with Crippen LogP contribution in [0.2, 0.25) is 0 Å². The van der Waals surface area contributed by atoms with Crippen molar-refractivity contribution >= 4 is 17.4 Å². The lowest BCUT2D eigenvalue weighted by Crippen LogP contribution is -2.37. The number of likely N-dealkylation sites (N-methyl/N-ethyl adjacent to an activating group) is 1. The maximum Gasteiger partial charge on any atom is 0.103 e. The van der Waals surface area contributed by atoms with E-state index in [1.165, 1.54) is 0 Å². The van der Waals surface area contributed by atoms with Crippen LogP contribution in [0.5, 0.6) is 0 Å². The standard InChI is InChI=1S/C14H19N3S/c1-3-17(11-7-8-16-10-11)13-5-4-6-14(18-2)12(13)9-15/h4-6,11,16H,3,7-8,10H2,1-2H3. The number of hydrogen-bond donors (Lipinski definition) is 1. The largest absolute Gasteiger partial charge is 0.366 e. The van der Waals surface area contributed by atoms with Crippen LogP contribution in [0.1, 0.15) is 18.9 Å². The summed E-state index contributed by atoms with van der Waals surface area (Å²) in [6.07, 6.45) is 3.18. The first-order chi connectivity index (χ1) is 8.81. The van der Waals surface area contributed by atoms with Crippen LogP contribution in [0.3, 0.4) is 0 Å². The number of hydrogen-bond acceptors (Lipinski definition) is 4. The molecule has 1 fully saturated rings. The molecule has 96 valence electrons. The number of nitrogens with zero attached hydrogens (tertiary/aromatic N) is 2. The molecule has 18 heavy (non-hydrogen) atoms. The van der Waals surface area contributed by atoms with Gasteiger partial charge in [-0.3, -0.25) is 0 Å². The van der Waals surface area contributed by atoms with E-state index in [-0.39, 0.29) is 0 Å². The molecule has 4 heteroatoms. The van der Waals surface area contributed by atoms with Gasteiger partial charge in [-0.2, -0.15) is 5.26 Å². The Morgan fingerprint density at radius 3 is 2.94 bits per heavy atom. The van der Waals surface area contributed by atoms with Gasteiger partial charge in [0.05, 0.1) is 11.3 Å². The van der Waals surface area contributed by atoms with Crippen LogP contribution in [0, 0.1) is 11.3 Å². The van der Waals surface area contributed by atoms with Crippen molar-refractivity contribution in [3.8, 4) is 6.07 Å². The molecule has 1 aliphatic heterocycles. The van der Waals surface area contributed by atoms with Crippen molar-refractivity contribution in [3.63, 3.8) is 0 Å². The van der Waals surface area contributed by atoms with Crippen molar-refractivity contribution in [3.05, 3.63) is 23.8 Å². The van der Waals surface area contributed by atoms with Crippen LogP contribution >= 0.6 is 11.8 Å². The summed E-state index contributed by atoms with van der Waals surface area (Å²) < 4.78 is 0. The van der Waals surface area contributed by atoms with Crippen molar-refractivity contribution < 1.29 is 0 Å². The molecule has 0 aliphatic carbocycles. The second-order valence-corrected chi connectivity index (χ2v) is 5.25. The number of nitriles is 1. The highest BCUT2D eigenvalue weighted by molar-refractivity contribution is 7.98. The maximum absolute atomic E-state index is 9.41. The highest BCUT2D eigenvalue weighted by Gasteiger charge is 2.23. The van der Waals surface area contributed by atoms with E-state index in [0.717, 1.165) is 42.2 Å². The van der Waals surface area contributed by atoms with Gasteiger partial charge in [-0.1, -0.05) is 6.07 Å². The molecule has 0 bridgehead atoms. The van der Waals surface area contributed by atoms with Crippen molar-refractivity contribution in [2.45, 2.75) is 24.3 Å². The molecule has 1 aromatic carbocycles. The van der Waals surface area contributed by atoms with E-state index in [4.69, 9.17) is 0 Å². The first-order valence-corrected chi connectivity index (χ1v) is 7.58. The Hall–Kier alpha value is -1.18. The van der Waals surface area contributed by atoms with E-state index >= 15 is 0 Å². The molecule has 3 nitrogen and oxygen atoms in total. The molecule has 1 heterocycles. The fraction of sp³-hybridized carbons (Fsp3) is 0.500. The van der Waals surface area contributed by atoms with Gasteiger partial charge in [0.1, 0.15) is 6.07 Å². The van der Waals surface area contributed by atoms with Crippen molar-refractivity contribution in [2.75, 3.05) is 30.8 Å². The Labute approximate surface area is 113 Å². The smallest absolute Gasteiger partial charge is 0.103 e. The highest BCUT2D eigenvalue weighted by Crippen LogP contribution is 2.30. The Kier molecular flexibility index (Phi) is 4.51. The topological polar surface area (TPSA) is 39.1 Å². The van der Waals surface area contributed by atoms with Crippen molar-refractivity contribution in [2.24, 2.45) is 0 Å². The van der Waals surface area contributed by atoms with Gasteiger partial charge in [-0.15, -0.1) is 11.8 Å². The lowest BCUT2D eigenvalue weighted by molar-refractivity contribution is 0.647. The molecule has 1 N–H and O–H groups in total. The summed E-state index contributed by atoms with van der Waals surface area (Å²) in [6, 6.07) is 9.02. The third kappa shape index (κ3) is 2.47. The third-order valence-electron chi connectivity index (χ3n) is 3.46. The highest BCUT2D eigenvalue weighted by atomic mass is 32.2. The molecule has 1 aromatic rings. The lowest BCUT2D eigenvalue weighted by atomic mass is 10.1. The van der Waals surface area contributed by atoms with Crippen LogP contribution < -0.4 is 10.2 Å². The Morgan fingerprint density at radius 2 is 2.39 bits per heavy atom. The predicted molar refractivity (Wildman–Crippen MR) is 77.2 cm³/mol. The minimum absolute atomic E-state index is 0.513. The van der Waals surface area contributed by atoms with Gasteiger partial charge in [0, 0.05) is 24.0 Å². The first-order valence-electron chi connectivity index (χ1n) is 6.36. The zero-order chi connectivity index (χ0) is 13.0. The van der Waals surface area contributed by atoms with Gasteiger partial charge in [0.2, 0.25) is 0 Å². The SMILES string of the molecule is CCN(c1cccc(SC)c1C#N)C1CCNC1. The summed E-state index contributed by atoms with van der Waals surface area (Å²) in [5.41, 5.74) is 1.90. The molecule has 0 radical (unpaired) electrons. The fourth-order valence-electron chi connectivity index (χ4n) is 2.57. The number of thioether (sulfide) groups is 1. The lowest BCUT2D eigenvalue weighted by Gasteiger charge is -2.30. The minimum atomic E-state index is 0.513. The van der Waals surface area contributed by atoms with E-state index in [1.54, 1.807) is 11.8 Å². The molecule has 0 spiro atoms. The van der Waals surface area contributed by atoms with Gasteiger partial charge in [-0.05, 0) is 38.3 Å². The summed E-state index contributed by atoms with van der Waals surface area (Å²) >= 11 is 1.64. The van der Waals surface area contributed by atoms with Crippen molar-refractivity contribution in [1.29, 1.82) is 5.26 Å². The first kappa shape index (κ1) is 13.3. The molecular formula is C14H19N3S. The summed E-state index contributed by atoms with van der Waals surface area (Å²) in [7, 11) is 0. The zero-order valence-electron chi connectivity index (χ0n) is 10.9. The molecule has 0 amide bonds. The van der Waals surface area contributed by atoms with Gasteiger partial charge in [0.25, 0.3) is 0 Å². The molecule has 1 aliphatic rings. The summed E-state index contributed by atoms with van der Waals surface area (Å²) in [4.78, 5) is 3.43. The second kappa shape index (κ2) is 6.12. The number of rotatable bonds is 4. The van der Waals surface area contributed by atoms with Gasteiger partial charge < -0.3 is 10.2 Å². The molecule has 1 atom stereocenters. The van der Waals surface area contributed by atoms with Crippen LogP contribution in [-0.4, -0.2) is 31.9 Å². The predicted octanol–water partition coefficient (Wildman–Crippen LogP) is 2.47. The fourth-order valence-corrected chi connectivity index (χ4v) is 3.14. The van der Waals surface area contributed by atoms with Crippen LogP contribution in [-0.2, 0) is 0 Å². The minimum Gasteiger partial charge on any atom is -0.366 e. The van der Waals surface area contributed by atoms with E-state index in [9.17, 15) is 5.26 Å². The molecular weight excluding hydrogens is 242 g/mol. The zero-order valence-corrected chi connectivity index (χ0v) is 11.8. The molecule has 1 unspecified atom stereocenters. The number of benzene rings is 1. The van der Waals surface area contributed by atoms with E-state index in [2.05, 4.69) is 29.3 Å². The number of nitrogens with one attached hydrogen (secondary N) is 1. The van der Waals surface area contributed by atoms with Crippen LogP contribution in [0.25, 0.3) is 0 Å². The summed E-state index contributed by atoms with van der Waals surface area (Å²) in [5, 5.41) is 12.8. The Morgan fingerprint density at radius 1 is 1.56 bits per heavy atom. The molecule has 2 rings (SSSR count). The van der Waals surface area contributed by atoms with E-state index in [0.29, 0.717) is 6.04 Å². The van der Waals surface area contributed by atoms with E-state index < -0.39 is 0 Å². The average molecular weight is 261 g/mol. The Balaban J connectivity index is 2.38. The van der Waals surface area contributed by atoms with E-state index in [1.807, 2.05) is 18.4 Å². The molecule has 0 aromatic heterocycles. The normalized spacial score (nSPS) is 18.6. The summed E-state index contributed by atoms with van der Waals surface area (Å²) in [5.74, 6) is 0. The number of anilines is 1. The third-order valence-corrected chi connectivity index (χ3v) is 4.24. The van der Waals surface area contributed by atoms with Crippen molar-refractivity contribution in [1.82, 2.24) is 5.32 Å². The Bertz CT molecular complexity index is 447. The van der Waals surface area contributed by atoms with Gasteiger partial charge >= 0.3 is 0 Å². The maximum atomic E-state index is 9.41. The van der Waals surface area contributed by atoms with Crippen LogP contribution in [0.15, 0.2) is 23.1 Å². The molecule has 1 saturated heterocycles. The summed E-state index contributed by atoms with van der Waals surface area (Å²) in [6.45, 7) is 5.19.